The van der Waals surface area contributed by atoms with E-state index in [1.807, 2.05) is 30.3 Å². The number of hydrogen-bond acceptors (Lipinski definition) is 3. The Balaban J connectivity index is 1.57. The first kappa shape index (κ1) is 21.7. The van der Waals surface area contributed by atoms with Crippen LogP contribution in [0.4, 0.5) is 15.8 Å². The number of benzene rings is 2. The Labute approximate surface area is 186 Å². The van der Waals surface area contributed by atoms with Gasteiger partial charge in [-0.1, -0.05) is 36.9 Å². The van der Waals surface area contributed by atoms with E-state index >= 15 is 0 Å². The van der Waals surface area contributed by atoms with Gasteiger partial charge in [-0.2, -0.15) is 0 Å². The summed E-state index contributed by atoms with van der Waals surface area (Å²) < 4.78 is 14.8. The molecule has 0 aliphatic carbocycles. The van der Waals surface area contributed by atoms with Gasteiger partial charge in [0, 0.05) is 31.7 Å². The molecule has 0 bridgehead atoms. The Morgan fingerprint density at radius 2 is 1.78 bits per heavy atom. The van der Waals surface area contributed by atoms with Crippen molar-refractivity contribution in [2.75, 3.05) is 29.9 Å². The molecule has 0 atom stereocenters. The number of carbonyl (C=O) groups excluding carboxylic acids is 3. The van der Waals surface area contributed by atoms with Crippen molar-refractivity contribution in [3.8, 4) is 0 Å². The molecule has 166 valence electrons. The summed E-state index contributed by atoms with van der Waals surface area (Å²) in [6, 6.07) is 13.9. The predicted octanol–water partition coefficient (Wildman–Crippen LogP) is 3.64. The third kappa shape index (κ3) is 4.02. The summed E-state index contributed by atoms with van der Waals surface area (Å²) in [5.74, 6) is -1.03. The predicted molar refractivity (Wildman–Crippen MR) is 121 cm³/mol. The molecule has 2 heterocycles. The smallest absolute Gasteiger partial charge is 0.245 e. The number of nitrogens with zero attached hydrogens (tertiary/aromatic N) is 2. The van der Waals surface area contributed by atoms with E-state index in [0.717, 1.165) is 5.56 Å². The van der Waals surface area contributed by atoms with Crippen LogP contribution in [0.2, 0.25) is 0 Å². The summed E-state index contributed by atoms with van der Waals surface area (Å²) in [4.78, 5) is 40.6. The lowest BCUT2D eigenvalue weighted by molar-refractivity contribution is -0.131. The summed E-state index contributed by atoms with van der Waals surface area (Å²) in [6.07, 6.45) is 3.31. The number of hydrogen-bond donors (Lipinski definition) is 1. The lowest BCUT2D eigenvalue weighted by atomic mass is 9.72. The average molecular weight is 435 g/mol. The third-order valence-electron chi connectivity index (χ3n) is 6.43. The average Bonchev–Trinajstić information content (AvgIpc) is 3.24. The zero-order valence-corrected chi connectivity index (χ0v) is 17.9. The molecule has 2 aromatic rings. The number of carbonyl (C=O) groups is 3. The molecule has 6 nitrogen and oxygen atoms in total. The number of amides is 3. The topological polar surface area (TPSA) is 69.7 Å². The van der Waals surface area contributed by atoms with E-state index in [4.69, 9.17) is 0 Å². The molecule has 2 aliphatic heterocycles. The third-order valence-corrected chi connectivity index (χ3v) is 6.43. The van der Waals surface area contributed by atoms with Gasteiger partial charge < -0.3 is 15.1 Å². The molecule has 32 heavy (non-hydrogen) atoms. The Kier molecular flexibility index (Phi) is 6.08. The van der Waals surface area contributed by atoms with E-state index in [2.05, 4.69) is 11.9 Å². The van der Waals surface area contributed by atoms with Crippen LogP contribution < -0.4 is 10.2 Å². The van der Waals surface area contributed by atoms with Gasteiger partial charge in [-0.25, -0.2) is 4.39 Å². The van der Waals surface area contributed by atoms with Crippen LogP contribution in [0.15, 0.2) is 61.2 Å². The molecule has 3 amide bonds. The molecule has 2 saturated heterocycles. The lowest BCUT2D eigenvalue weighted by Crippen LogP contribution is -2.50. The second-order valence-corrected chi connectivity index (χ2v) is 8.25. The van der Waals surface area contributed by atoms with E-state index in [1.165, 1.54) is 23.1 Å². The minimum absolute atomic E-state index is 0.0930. The maximum absolute atomic E-state index is 14.8. The van der Waals surface area contributed by atoms with Crippen LogP contribution in [0.1, 0.15) is 31.2 Å². The highest BCUT2D eigenvalue weighted by atomic mass is 19.1. The molecule has 0 spiro atoms. The fraction of sp³-hybridized carbons (Fsp3) is 0.320. The number of likely N-dealkylation sites (tertiary alicyclic amines) is 1. The number of piperidine rings is 1. The normalized spacial score (nSPS) is 17.8. The molecular weight excluding hydrogens is 409 g/mol. The van der Waals surface area contributed by atoms with Crippen molar-refractivity contribution in [2.45, 2.75) is 31.1 Å². The maximum atomic E-state index is 14.8. The van der Waals surface area contributed by atoms with Crippen LogP contribution in [0, 0.1) is 5.82 Å². The molecule has 0 aromatic heterocycles. The minimum Gasteiger partial charge on any atom is -0.339 e. The van der Waals surface area contributed by atoms with Gasteiger partial charge in [0.2, 0.25) is 17.7 Å². The number of nitrogens with one attached hydrogen (secondary N) is 1. The van der Waals surface area contributed by atoms with Gasteiger partial charge in [-0.3, -0.25) is 14.4 Å². The Morgan fingerprint density at radius 3 is 2.38 bits per heavy atom. The summed E-state index contributed by atoms with van der Waals surface area (Å²) in [5, 5.41) is 2.87. The van der Waals surface area contributed by atoms with E-state index in [1.54, 1.807) is 11.0 Å². The molecule has 7 heteroatoms. The molecular formula is C25H26FN3O3. The van der Waals surface area contributed by atoms with Gasteiger partial charge >= 0.3 is 0 Å². The minimum atomic E-state index is -0.834. The second kappa shape index (κ2) is 8.94. The fourth-order valence-corrected chi connectivity index (χ4v) is 4.60. The highest BCUT2D eigenvalue weighted by molar-refractivity contribution is 6.00. The maximum Gasteiger partial charge on any atom is 0.245 e. The first-order chi connectivity index (χ1) is 15.4. The summed E-state index contributed by atoms with van der Waals surface area (Å²) in [5.41, 5.74) is 0.601. The summed E-state index contributed by atoms with van der Waals surface area (Å²) in [7, 11) is 0. The van der Waals surface area contributed by atoms with Gasteiger partial charge in [-0.05, 0) is 49.1 Å². The molecule has 1 N–H and O–H groups in total. The van der Waals surface area contributed by atoms with Crippen LogP contribution in [0.25, 0.3) is 0 Å². The molecule has 2 fully saturated rings. The van der Waals surface area contributed by atoms with Crippen LogP contribution >= 0.6 is 0 Å². The Bertz CT molecular complexity index is 1050. The van der Waals surface area contributed by atoms with Gasteiger partial charge in [0.15, 0.2) is 0 Å². The number of rotatable bonds is 5. The van der Waals surface area contributed by atoms with Crippen molar-refractivity contribution in [2.24, 2.45) is 0 Å². The molecule has 0 saturated carbocycles. The quantitative estimate of drug-likeness (QED) is 0.729. The lowest BCUT2D eigenvalue weighted by Gasteiger charge is -2.40. The highest BCUT2D eigenvalue weighted by Gasteiger charge is 2.43. The summed E-state index contributed by atoms with van der Waals surface area (Å²) >= 11 is 0. The molecule has 2 aliphatic rings. The molecule has 0 radical (unpaired) electrons. The largest absolute Gasteiger partial charge is 0.339 e. The standard InChI is InChI=1S/C25H26FN3O3/c1-2-22(30)28-15-12-25(13-16-28,18-7-4-3-5-8-18)24(32)27-19-10-11-21(20(26)17-19)29-14-6-9-23(29)31/h2-5,7-8,10-11,17H,1,6,9,12-16H2,(H,27,32). The van der Waals surface area contributed by atoms with E-state index < -0.39 is 11.2 Å². The monoisotopic (exact) mass is 435 g/mol. The van der Waals surface area contributed by atoms with Crippen LogP contribution in [-0.4, -0.2) is 42.3 Å². The van der Waals surface area contributed by atoms with E-state index in [-0.39, 0.29) is 23.4 Å². The Morgan fingerprint density at radius 1 is 1.06 bits per heavy atom. The van der Waals surface area contributed by atoms with Gasteiger partial charge in [-0.15, -0.1) is 0 Å². The van der Waals surface area contributed by atoms with Gasteiger partial charge in [0.1, 0.15) is 5.82 Å². The molecule has 4 rings (SSSR count). The van der Waals surface area contributed by atoms with Crippen molar-refractivity contribution in [1.29, 1.82) is 0 Å². The first-order valence-electron chi connectivity index (χ1n) is 10.8. The van der Waals surface area contributed by atoms with Crippen molar-refractivity contribution in [1.82, 2.24) is 4.90 Å². The SMILES string of the molecule is C=CC(=O)N1CCC(C(=O)Nc2ccc(N3CCCC3=O)c(F)c2)(c2ccccc2)CC1. The van der Waals surface area contributed by atoms with Crippen LogP contribution in [0.5, 0.6) is 0 Å². The summed E-state index contributed by atoms with van der Waals surface area (Å²) in [6.45, 7) is 4.89. The Hall–Kier alpha value is -3.48. The van der Waals surface area contributed by atoms with Crippen LogP contribution in [-0.2, 0) is 19.8 Å². The van der Waals surface area contributed by atoms with Crippen molar-refractivity contribution >= 4 is 29.1 Å². The van der Waals surface area contributed by atoms with Crippen molar-refractivity contribution < 1.29 is 18.8 Å². The van der Waals surface area contributed by atoms with Crippen molar-refractivity contribution in [3.05, 3.63) is 72.6 Å². The zero-order chi connectivity index (χ0) is 22.7. The number of halogens is 1. The molecule has 0 unspecified atom stereocenters. The van der Waals surface area contributed by atoms with Crippen LogP contribution in [0.3, 0.4) is 0 Å². The number of anilines is 2. The van der Waals surface area contributed by atoms with Gasteiger partial charge in [0.25, 0.3) is 0 Å². The van der Waals surface area contributed by atoms with Crippen molar-refractivity contribution in [3.63, 3.8) is 0 Å². The second-order valence-electron chi connectivity index (χ2n) is 8.25. The fourth-order valence-electron chi connectivity index (χ4n) is 4.60. The van der Waals surface area contributed by atoms with Gasteiger partial charge in [0.05, 0.1) is 11.1 Å². The molecule has 2 aromatic carbocycles. The van der Waals surface area contributed by atoms with E-state index in [9.17, 15) is 18.8 Å². The zero-order valence-electron chi connectivity index (χ0n) is 17.9. The van der Waals surface area contributed by atoms with E-state index in [0.29, 0.717) is 51.0 Å². The highest BCUT2D eigenvalue weighted by Crippen LogP contribution is 2.37. The first-order valence-corrected chi connectivity index (χ1v) is 10.8.